The van der Waals surface area contributed by atoms with E-state index in [1.165, 1.54) is 0 Å². The molecular weight excluding hydrogens is 304 g/mol. The minimum Gasteiger partial charge on any atom is -0.393 e. The molecule has 0 radical (unpaired) electrons. The fourth-order valence-electron chi connectivity index (χ4n) is 2.56. The average molecular weight is 329 g/mol. The lowest BCUT2D eigenvalue weighted by molar-refractivity contribution is -0.126. The summed E-state index contributed by atoms with van der Waals surface area (Å²) >= 11 is 0. The molecule has 2 rings (SSSR count). The third-order valence-electron chi connectivity index (χ3n) is 3.66. The Labute approximate surface area is 137 Å². The molecule has 6 heteroatoms. The number of amides is 1. The molecule has 1 amide bonds. The van der Waals surface area contributed by atoms with Gasteiger partial charge in [-0.25, -0.2) is 0 Å². The van der Waals surface area contributed by atoms with E-state index in [9.17, 15) is 9.90 Å². The number of aliphatic hydroxyl groups excluding tert-OH is 1. The van der Waals surface area contributed by atoms with Crippen LogP contribution in [-0.4, -0.2) is 49.5 Å². The van der Waals surface area contributed by atoms with Crippen LogP contribution in [0.3, 0.4) is 0 Å². The highest BCUT2D eigenvalue weighted by atomic mass is 35.5. The van der Waals surface area contributed by atoms with Crippen molar-refractivity contribution in [2.75, 3.05) is 26.3 Å². The van der Waals surface area contributed by atoms with E-state index in [-0.39, 0.29) is 30.3 Å². The topological polar surface area (TPSA) is 70.6 Å². The molecule has 0 saturated carbocycles. The first-order valence-electron chi connectivity index (χ1n) is 7.48. The lowest BCUT2D eigenvalue weighted by Gasteiger charge is -2.25. The molecule has 3 N–H and O–H groups in total. The van der Waals surface area contributed by atoms with Gasteiger partial charge < -0.3 is 20.5 Å². The molecule has 124 valence electrons. The molecule has 3 unspecified atom stereocenters. The number of hydrogen-bond acceptors (Lipinski definition) is 4. The van der Waals surface area contributed by atoms with E-state index in [2.05, 4.69) is 10.6 Å². The Bertz CT molecular complexity index is 436. The Morgan fingerprint density at radius 3 is 2.77 bits per heavy atom. The minimum atomic E-state index is -0.400. The lowest BCUT2D eigenvalue weighted by atomic mass is 9.93. The standard InChI is InChI=1S/C16H24N2O3.ClH/c1-12(19)9-14(13-5-3-2-4-6-13)10-18-16(20)15-11-21-8-7-17-15;/h2-6,12,14-15,17,19H,7-11H2,1H3,(H,18,20);1H. The van der Waals surface area contributed by atoms with Gasteiger partial charge >= 0.3 is 0 Å². The number of nitrogens with one attached hydrogen (secondary N) is 2. The molecule has 0 aromatic heterocycles. The van der Waals surface area contributed by atoms with Crippen molar-refractivity contribution < 1.29 is 14.6 Å². The zero-order valence-corrected chi connectivity index (χ0v) is 13.6. The van der Waals surface area contributed by atoms with Crippen LogP contribution in [0.5, 0.6) is 0 Å². The van der Waals surface area contributed by atoms with Crippen molar-refractivity contribution in [3.8, 4) is 0 Å². The summed E-state index contributed by atoms with van der Waals surface area (Å²) in [5, 5.41) is 15.8. The van der Waals surface area contributed by atoms with E-state index >= 15 is 0 Å². The average Bonchev–Trinajstić information content (AvgIpc) is 2.52. The number of rotatable bonds is 6. The van der Waals surface area contributed by atoms with Crippen molar-refractivity contribution in [1.82, 2.24) is 10.6 Å². The summed E-state index contributed by atoms with van der Waals surface area (Å²) in [4.78, 5) is 12.1. The van der Waals surface area contributed by atoms with Crippen LogP contribution in [0.4, 0.5) is 0 Å². The monoisotopic (exact) mass is 328 g/mol. The van der Waals surface area contributed by atoms with Gasteiger partial charge in [-0.2, -0.15) is 0 Å². The van der Waals surface area contributed by atoms with E-state index in [1.807, 2.05) is 30.3 Å². The Hall–Kier alpha value is -1.14. The molecule has 1 heterocycles. The van der Waals surface area contributed by atoms with E-state index in [4.69, 9.17) is 4.74 Å². The molecule has 3 atom stereocenters. The fourth-order valence-corrected chi connectivity index (χ4v) is 2.56. The van der Waals surface area contributed by atoms with Gasteiger partial charge in [0.15, 0.2) is 0 Å². The van der Waals surface area contributed by atoms with Crippen molar-refractivity contribution in [3.63, 3.8) is 0 Å². The summed E-state index contributed by atoms with van der Waals surface area (Å²) in [5.74, 6) is 0.0703. The molecule has 0 aliphatic carbocycles. The summed E-state index contributed by atoms with van der Waals surface area (Å²) in [6.07, 6.45) is 0.224. The van der Waals surface area contributed by atoms with Crippen LogP contribution >= 0.6 is 12.4 Å². The van der Waals surface area contributed by atoms with E-state index < -0.39 is 6.10 Å². The molecule has 0 spiro atoms. The quantitative estimate of drug-likeness (QED) is 0.730. The predicted octanol–water partition coefficient (Wildman–Crippen LogP) is 1.07. The van der Waals surface area contributed by atoms with Gasteiger partial charge in [-0.3, -0.25) is 4.79 Å². The van der Waals surface area contributed by atoms with Gasteiger partial charge in [-0.05, 0) is 18.9 Å². The van der Waals surface area contributed by atoms with Crippen LogP contribution in [0.15, 0.2) is 30.3 Å². The Kier molecular flexibility index (Phi) is 8.42. The predicted molar refractivity (Wildman–Crippen MR) is 88.3 cm³/mol. The third-order valence-corrected chi connectivity index (χ3v) is 3.66. The van der Waals surface area contributed by atoms with Crippen molar-refractivity contribution in [2.24, 2.45) is 0 Å². The highest BCUT2D eigenvalue weighted by molar-refractivity contribution is 5.85. The first-order chi connectivity index (χ1) is 10.2. The molecule has 1 saturated heterocycles. The van der Waals surface area contributed by atoms with Crippen LogP contribution < -0.4 is 10.6 Å². The smallest absolute Gasteiger partial charge is 0.239 e. The Balaban J connectivity index is 0.00000242. The van der Waals surface area contributed by atoms with E-state index in [0.717, 1.165) is 5.56 Å². The highest BCUT2D eigenvalue weighted by Gasteiger charge is 2.22. The maximum Gasteiger partial charge on any atom is 0.239 e. The fraction of sp³-hybridized carbons (Fsp3) is 0.562. The van der Waals surface area contributed by atoms with E-state index in [1.54, 1.807) is 6.92 Å². The first-order valence-corrected chi connectivity index (χ1v) is 7.48. The second-order valence-corrected chi connectivity index (χ2v) is 5.52. The van der Waals surface area contributed by atoms with Gasteiger partial charge in [0.1, 0.15) is 6.04 Å². The number of ether oxygens (including phenoxy) is 1. The van der Waals surface area contributed by atoms with Crippen molar-refractivity contribution >= 4 is 18.3 Å². The number of carbonyl (C=O) groups is 1. The summed E-state index contributed by atoms with van der Waals surface area (Å²) < 4.78 is 5.30. The maximum atomic E-state index is 12.1. The third kappa shape index (κ3) is 5.93. The number of carbonyl (C=O) groups excluding carboxylic acids is 1. The molecule has 1 fully saturated rings. The van der Waals surface area contributed by atoms with Crippen molar-refractivity contribution in [2.45, 2.75) is 31.4 Å². The van der Waals surface area contributed by atoms with Gasteiger partial charge in [0.2, 0.25) is 5.91 Å². The first kappa shape index (κ1) is 18.9. The van der Waals surface area contributed by atoms with Crippen molar-refractivity contribution in [3.05, 3.63) is 35.9 Å². The number of hydrogen-bond donors (Lipinski definition) is 3. The zero-order chi connectivity index (χ0) is 15.1. The minimum absolute atomic E-state index is 0. The number of benzene rings is 1. The second kappa shape index (κ2) is 9.79. The Morgan fingerprint density at radius 2 is 2.18 bits per heavy atom. The molecule has 22 heavy (non-hydrogen) atoms. The number of halogens is 1. The summed E-state index contributed by atoms with van der Waals surface area (Å²) in [6.45, 7) is 4.06. The van der Waals surface area contributed by atoms with Crippen LogP contribution in [0, 0.1) is 0 Å². The number of aliphatic hydroxyl groups is 1. The van der Waals surface area contributed by atoms with Gasteiger partial charge in [-0.1, -0.05) is 30.3 Å². The summed E-state index contributed by atoms with van der Waals surface area (Å²) in [7, 11) is 0. The summed E-state index contributed by atoms with van der Waals surface area (Å²) in [5.41, 5.74) is 1.13. The molecule has 1 aliphatic rings. The van der Waals surface area contributed by atoms with E-state index in [0.29, 0.717) is 32.7 Å². The molecule has 5 nitrogen and oxygen atoms in total. The van der Waals surface area contributed by atoms with Gasteiger partial charge in [0.25, 0.3) is 0 Å². The van der Waals surface area contributed by atoms with Crippen LogP contribution in [0.1, 0.15) is 24.8 Å². The van der Waals surface area contributed by atoms with Crippen LogP contribution in [0.2, 0.25) is 0 Å². The highest BCUT2D eigenvalue weighted by Crippen LogP contribution is 2.20. The zero-order valence-electron chi connectivity index (χ0n) is 12.8. The molecule has 1 aliphatic heterocycles. The SMILES string of the molecule is CC(O)CC(CNC(=O)C1COCCN1)c1ccccc1.Cl. The molecule has 1 aromatic carbocycles. The van der Waals surface area contributed by atoms with Gasteiger partial charge in [0.05, 0.1) is 19.3 Å². The van der Waals surface area contributed by atoms with Crippen molar-refractivity contribution in [1.29, 1.82) is 0 Å². The molecule has 0 bridgehead atoms. The molecular formula is C16H25ClN2O3. The normalized spacial score (nSPS) is 20.5. The molecule has 1 aromatic rings. The maximum absolute atomic E-state index is 12.1. The van der Waals surface area contributed by atoms with Crippen LogP contribution in [-0.2, 0) is 9.53 Å². The largest absolute Gasteiger partial charge is 0.393 e. The lowest BCUT2D eigenvalue weighted by Crippen LogP contribution is -2.51. The van der Waals surface area contributed by atoms with Gasteiger partial charge in [0, 0.05) is 19.0 Å². The van der Waals surface area contributed by atoms with Gasteiger partial charge in [-0.15, -0.1) is 12.4 Å². The Morgan fingerprint density at radius 1 is 1.45 bits per heavy atom. The number of morpholine rings is 1. The van der Waals surface area contributed by atoms with Crippen LogP contribution in [0.25, 0.3) is 0 Å². The summed E-state index contributed by atoms with van der Waals surface area (Å²) in [6, 6.07) is 9.69. The second-order valence-electron chi connectivity index (χ2n) is 5.52.